The van der Waals surface area contributed by atoms with Gasteiger partial charge in [-0.15, -0.1) is 0 Å². The van der Waals surface area contributed by atoms with Gasteiger partial charge in [0.2, 0.25) is 5.24 Å². The molecular weight excluding hydrogens is 148 g/mol. The Morgan fingerprint density at radius 3 is 2.00 bits per heavy atom. The molecule has 0 unspecified atom stereocenters. The fraction of sp³-hybridized carbons (Fsp3) is 0.875. The van der Waals surface area contributed by atoms with Gasteiger partial charge in [0.1, 0.15) is 0 Å². The monoisotopic (exact) mass is 162 g/mol. The van der Waals surface area contributed by atoms with Crippen LogP contribution < -0.4 is 0 Å². The number of hydrogen-bond donors (Lipinski definition) is 0. The minimum atomic E-state index is -0.351. The van der Waals surface area contributed by atoms with Gasteiger partial charge in [0.05, 0.1) is 0 Å². The standard InChI is InChI=1S/C8H15ClO/c1-6(2)5-8(3,4)7(9)10/h6H,5H2,1-4H3. The molecule has 10 heavy (non-hydrogen) atoms. The third-order valence-corrected chi connectivity index (χ3v) is 1.96. The van der Waals surface area contributed by atoms with Crippen LogP contribution in [-0.4, -0.2) is 5.24 Å². The van der Waals surface area contributed by atoms with Crippen LogP contribution >= 0.6 is 11.6 Å². The Morgan fingerprint density at radius 1 is 1.50 bits per heavy atom. The van der Waals surface area contributed by atoms with Gasteiger partial charge < -0.3 is 0 Å². The number of rotatable bonds is 3. The summed E-state index contributed by atoms with van der Waals surface area (Å²) in [5.74, 6) is 0.526. The Bertz CT molecular complexity index is 127. The van der Waals surface area contributed by atoms with Gasteiger partial charge in [-0.25, -0.2) is 0 Å². The van der Waals surface area contributed by atoms with Crippen molar-refractivity contribution in [3.63, 3.8) is 0 Å². The van der Waals surface area contributed by atoms with Crippen LogP contribution in [0.1, 0.15) is 34.1 Å². The van der Waals surface area contributed by atoms with Gasteiger partial charge in [-0.1, -0.05) is 27.7 Å². The first-order chi connectivity index (χ1) is 4.36. The summed E-state index contributed by atoms with van der Waals surface area (Å²) in [4.78, 5) is 10.8. The van der Waals surface area contributed by atoms with Gasteiger partial charge in [0, 0.05) is 5.41 Å². The predicted octanol–water partition coefficient (Wildman–Crippen LogP) is 2.82. The molecule has 0 fully saturated rings. The summed E-state index contributed by atoms with van der Waals surface area (Å²) < 4.78 is 0. The average Bonchev–Trinajstić information content (AvgIpc) is 1.60. The summed E-state index contributed by atoms with van der Waals surface area (Å²) in [5, 5.41) is -0.235. The molecule has 0 aromatic rings. The van der Waals surface area contributed by atoms with Crippen molar-refractivity contribution in [3.8, 4) is 0 Å². The molecule has 0 amide bonds. The molecule has 0 saturated heterocycles. The smallest absolute Gasteiger partial charge is 0.227 e. The molecule has 0 radical (unpaired) electrons. The van der Waals surface area contributed by atoms with Crippen molar-refractivity contribution < 1.29 is 4.79 Å². The minimum absolute atomic E-state index is 0.235. The summed E-state index contributed by atoms with van der Waals surface area (Å²) in [6.45, 7) is 7.92. The van der Waals surface area contributed by atoms with E-state index in [4.69, 9.17) is 11.6 Å². The Morgan fingerprint density at radius 2 is 1.90 bits per heavy atom. The molecule has 0 bridgehead atoms. The third-order valence-electron chi connectivity index (χ3n) is 1.45. The molecule has 0 rings (SSSR count). The zero-order valence-corrected chi connectivity index (χ0v) is 7.83. The number of hydrogen-bond acceptors (Lipinski definition) is 1. The van der Waals surface area contributed by atoms with E-state index in [1.165, 1.54) is 0 Å². The highest BCUT2D eigenvalue weighted by Gasteiger charge is 2.26. The van der Waals surface area contributed by atoms with E-state index in [0.717, 1.165) is 6.42 Å². The van der Waals surface area contributed by atoms with Gasteiger partial charge >= 0.3 is 0 Å². The highest BCUT2D eigenvalue weighted by Crippen LogP contribution is 2.27. The lowest BCUT2D eigenvalue weighted by molar-refractivity contribution is -0.119. The van der Waals surface area contributed by atoms with Crippen LogP contribution in [0.15, 0.2) is 0 Å². The lowest BCUT2D eigenvalue weighted by Crippen LogP contribution is -2.21. The van der Waals surface area contributed by atoms with Gasteiger partial charge in [-0.05, 0) is 23.9 Å². The van der Waals surface area contributed by atoms with E-state index in [1.807, 2.05) is 13.8 Å². The van der Waals surface area contributed by atoms with E-state index in [0.29, 0.717) is 5.92 Å². The molecule has 2 heteroatoms. The van der Waals surface area contributed by atoms with Crippen LogP contribution in [0.25, 0.3) is 0 Å². The Labute approximate surface area is 67.8 Å². The molecular formula is C8H15ClO. The molecule has 0 aromatic carbocycles. The zero-order valence-electron chi connectivity index (χ0n) is 7.07. The second kappa shape index (κ2) is 3.38. The number of halogens is 1. The lowest BCUT2D eigenvalue weighted by atomic mass is 9.85. The molecule has 1 nitrogen and oxygen atoms in total. The first kappa shape index (κ1) is 9.96. The van der Waals surface area contributed by atoms with E-state index in [1.54, 1.807) is 0 Å². The molecule has 0 spiro atoms. The topological polar surface area (TPSA) is 17.1 Å². The normalized spacial score (nSPS) is 12.2. The van der Waals surface area contributed by atoms with Crippen LogP contribution in [0.5, 0.6) is 0 Å². The molecule has 0 aliphatic heterocycles. The maximum absolute atomic E-state index is 10.8. The lowest BCUT2D eigenvalue weighted by Gasteiger charge is -2.21. The first-order valence-electron chi connectivity index (χ1n) is 3.56. The van der Waals surface area contributed by atoms with Crippen molar-refractivity contribution in [3.05, 3.63) is 0 Å². The van der Waals surface area contributed by atoms with E-state index in [-0.39, 0.29) is 10.7 Å². The van der Waals surface area contributed by atoms with Crippen LogP contribution in [0.4, 0.5) is 0 Å². The molecule has 0 aromatic heterocycles. The molecule has 0 saturated carbocycles. The maximum atomic E-state index is 10.8. The van der Waals surface area contributed by atoms with E-state index >= 15 is 0 Å². The Kier molecular flexibility index (Phi) is 3.37. The van der Waals surface area contributed by atoms with Crippen molar-refractivity contribution in [2.75, 3.05) is 0 Å². The van der Waals surface area contributed by atoms with Crippen LogP contribution in [0.2, 0.25) is 0 Å². The molecule has 0 atom stereocenters. The summed E-state index contributed by atoms with van der Waals surface area (Å²) in [7, 11) is 0. The van der Waals surface area contributed by atoms with Crippen molar-refractivity contribution in [1.29, 1.82) is 0 Å². The summed E-state index contributed by atoms with van der Waals surface area (Å²) >= 11 is 5.37. The second-order valence-electron chi connectivity index (χ2n) is 3.76. The van der Waals surface area contributed by atoms with Crippen molar-refractivity contribution in [2.24, 2.45) is 11.3 Å². The number of carbonyl (C=O) groups excluding carboxylic acids is 1. The molecule has 0 heterocycles. The van der Waals surface area contributed by atoms with Gasteiger partial charge in [0.25, 0.3) is 0 Å². The summed E-state index contributed by atoms with van der Waals surface area (Å²) in [6.07, 6.45) is 0.856. The fourth-order valence-corrected chi connectivity index (χ4v) is 1.18. The van der Waals surface area contributed by atoms with E-state index < -0.39 is 0 Å². The molecule has 0 N–H and O–H groups in total. The highest BCUT2D eigenvalue weighted by atomic mass is 35.5. The molecule has 0 aliphatic rings. The van der Waals surface area contributed by atoms with Crippen LogP contribution in [0, 0.1) is 11.3 Å². The molecule has 60 valence electrons. The van der Waals surface area contributed by atoms with Crippen molar-refractivity contribution in [1.82, 2.24) is 0 Å². The van der Waals surface area contributed by atoms with Gasteiger partial charge in [-0.3, -0.25) is 4.79 Å². The second-order valence-corrected chi connectivity index (χ2v) is 4.10. The summed E-state index contributed by atoms with van der Waals surface area (Å²) in [6, 6.07) is 0. The zero-order chi connectivity index (χ0) is 8.36. The van der Waals surface area contributed by atoms with Crippen molar-refractivity contribution in [2.45, 2.75) is 34.1 Å². The van der Waals surface area contributed by atoms with Crippen LogP contribution in [-0.2, 0) is 4.79 Å². The Hall–Kier alpha value is -0.0400. The van der Waals surface area contributed by atoms with E-state index in [9.17, 15) is 4.79 Å². The fourth-order valence-electron chi connectivity index (χ4n) is 1.10. The van der Waals surface area contributed by atoms with Crippen LogP contribution in [0.3, 0.4) is 0 Å². The first-order valence-corrected chi connectivity index (χ1v) is 3.94. The largest absolute Gasteiger partial charge is 0.281 e. The minimum Gasteiger partial charge on any atom is -0.281 e. The SMILES string of the molecule is CC(C)CC(C)(C)C(=O)Cl. The van der Waals surface area contributed by atoms with Gasteiger partial charge in [0.15, 0.2) is 0 Å². The Balaban J connectivity index is 4.00. The van der Waals surface area contributed by atoms with Crippen molar-refractivity contribution >= 4 is 16.8 Å². The quantitative estimate of drug-likeness (QED) is 0.584. The highest BCUT2D eigenvalue weighted by molar-refractivity contribution is 6.64. The summed E-state index contributed by atoms with van der Waals surface area (Å²) in [5.41, 5.74) is -0.351. The maximum Gasteiger partial charge on any atom is 0.227 e. The third kappa shape index (κ3) is 3.21. The molecule has 0 aliphatic carbocycles. The number of carbonyl (C=O) groups is 1. The van der Waals surface area contributed by atoms with E-state index in [2.05, 4.69) is 13.8 Å². The predicted molar refractivity (Wildman–Crippen MR) is 44.1 cm³/mol. The van der Waals surface area contributed by atoms with Gasteiger partial charge in [-0.2, -0.15) is 0 Å². The average molecular weight is 163 g/mol.